The summed E-state index contributed by atoms with van der Waals surface area (Å²) in [6.07, 6.45) is 3.19. The lowest BCUT2D eigenvalue weighted by Crippen LogP contribution is -2.23. The Morgan fingerprint density at radius 2 is 1.78 bits per heavy atom. The summed E-state index contributed by atoms with van der Waals surface area (Å²) < 4.78 is 37.2. The van der Waals surface area contributed by atoms with Crippen LogP contribution in [0.2, 0.25) is 0 Å². The molecule has 7 nitrogen and oxygen atoms in total. The van der Waals surface area contributed by atoms with Gasteiger partial charge < -0.3 is 33.2 Å². The molecule has 154 valence electrons. The second-order valence-electron chi connectivity index (χ2n) is 6.39. The molecule has 1 saturated heterocycles. The van der Waals surface area contributed by atoms with Crippen LogP contribution in [0.3, 0.4) is 0 Å². The average Bonchev–Trinajstić information content (AvgIpc) is 3.52. The van der Waals surface area contributed by atoms with Gasteiger partial charge in [0.05, 0.1) is 39.1 Å². The lowest BCUT2D eigenvalue weighted by molar-refractivity contribution is -0.103. The Hall–Kier alpha value is -1.22. The van der Waals surface area contributed by atoms with E-state index in [1.807, 2.05) is 12.1 Å². The van der Waals surface area contributed by atoms with E-state index in [1.165, 1.54) is 5.56 Å². The maximum absolute atomic E-state index is 5.71. The summed E-state index contributed by atoms with van der Waals surface area (Å²) >= 11 is 0. The Bertz CT molecular complexity index is 476. The Morgan fingerprint density at radius 3 is 2.48 bits per heavy atom. The van der Waals surface area contributed by atoms with Crippen LogP contribution in [-0.4, -0.2) is 73.0 Å². The van der Waals surface area contributed by atoms with Crippen LogP contribution >= 0.6 is 0 Å². The molecule has 0 bridgehead atoms. The van der Waals surface area contributed by atoms with E-state index in [0.29, 0.717) is 32.5 Å². The van der Waals surface area contributed by atoms with Crippen LogP contribution in [0.1, 0.15) is 18.4 Å². The number of rotatable bonds is 17. The van der Waals surface area contributed by atoms with Crippen molar-refractivity contribution < 1.29 is 33.2 Å². The summed E-state index contributed by atoms with van der Waals surface area (Å²) in [7, 11) is 3.23. The first kappa shape index (κ1) is 22.1. The third-order valence-corrected chi connectivity index (χ3v) is 4.06. The third-order valence-electron chi connectivity index (χ3n) is 4.06. The van der Waals surface area contributed by atoms with Crippen molar-refractivity contribution >= 4 is 0 Å². The largest absolute Gasteiger partial charge is 0.468 e. The van der Waals surface area contributed by atoms with Crippen LogP contribution < -0.4 is 4.74 Å². The number of hydrogen-bond donors (Lipinski definition) is 0. The van der Waals surface area contributed by atoms with E-state index >= 15 is 0 Å². The number of hydrogen-bond acceptors (Lipinski definition) is 7. The number of epoxide rings is 1. The van der Waals surface area contributed by atoms with E-state index in [9.17, 15) is 0 Å². The Labute approximate surface area is 161 Å². The molecule has 0 aliphatic carbocycles. The third kappa shape index (κ3) is 10.6. The fourth-order valence-electron chi connectivity index (χ4n) is 2.50. The topological polar surface area (TPSA) is 67.9 Å². The van der Waals surface area contributed by atoms with Crippen LogP contribution in [0.5, 0.6) is 5.75 Å². The standard InChI is InChI=1S/C20H32O7/c1-21-15-26-18-8-6-17(7-9-18)4-3-5-19(27-16-22-2)12-23-10-11-24-13-20-14-25-20/h6-9,19-20H,3-5,10-16H2,1-2H3/t19-,20+/m0/s1. The van der Waals surface area contributed by atoms with Gasteiger partial charge in [-0.2, -0.15) is 0 Å². The van der Waals surface area contributed by atoms with Crippen molar-refractivity contribution in [1.29, 1.82) is 0 Å². The molecule has 1 aromatic rings. The molecule has 1 fully saturated rings. The molecule has 1 aliphatic rings. The van der Waals surface area contributed by atoms with Crippen molar-refractivity contribution in [3.05, 3.63) is 29.8 Å². The second-order valence-corrected chi connectivity index (χ2v) is 6.39. The molecule has 0 N–H and O–H groups in total. The molecule has 1 heterocycles. The minimum atomic E-state index is 0.0148. The van der Waals surface area contributed by atoms with E-state index in [-0.39, 0.29) is 19.7 Å². The molecule has 0 spiro atoms. The molecular formula is C20H32O7. The van der Waals surface area contributed by atoms with Crippen molar-refractivity contribution in [3.8, 4) is 5.75 Å². The molecular weight excluding hydrogens is 352 g/mol. The fourth-order valence-corrected chi connectivity index (χ4v) is 2.50. The Morgan fingerprint density at radius 1 is 1.04 bits per heavy atom. The maximum atomic E-state index is 5.71. The summed E-state index contributed by atoms with van der Waals surface area (Å²) in [6.45, 7) is 3.68. The van der Waals surface area contributed by atoms with Crippen molar-refractivity contribution in [2.24, 2.45) is 0 Å². The molecule has 0 amide bonds. The predicted octanol–water partition coefficient (Wildman–Crippen LogP) is 2.41. The average molecular weight is 384 g/mol. The number of methoxy groups -OCH3 is 2. The molecule has 0 radical (unpaired) electrons. The zero-order valence-electron chi connectivity index (χ0n) is 16.4. The van der Waals surface area contributed by atoms with Gasteiger partial charge in [0.25, 0.3) is 0 Å². The normalized spacial score (nSPS) is 17.0. The maximum Gasteiger partial charge on any atom is 0.188 e. The molecule has 7 heteroatoms. The van der Waals surface area contributed by atoms with Gasteiger partial charge in [-0.1, -0.05) is 12.1 Å². The first-order valence-electron chi connectivity index (χ1n) is 9.40. The number of aryl methyl sites for hydroxylation is 1. The second kappa shape index (κ2) is 13.9. The van der Waals surface area contributed by atoms with Crippen molar-refractivity contribution in [3.63, 3.8) is 0 Å². The van der Waals surface area contributed by atoms with Crippen molar-refractivity contribution in [1.82, 2.24) is 0 Å². The summed E-state index contributed by atoms with van der Waals surface area (Å²) in [5, 5.41) is 0. The van der Waals surface area contributed by atoms with Crippen molar-refractivity contribution in [2.75, 3.05) is 60.8 Å². The Kier molecular flexibility index (Phi) is 11.3. The molecule has 0 unspecified atom stereocenters. The van der Waals surface area contributed by atoms with Gasteiger partial charge in [-0.25, -0.2) is 0 Å². The van der Waals surface area contributed by atoms with E-state index in [0.717, 1.165) is 31.6 Å². The van der Waals surface area contributed by atoms with Gasteiger partial charge in [0.2, 0.25) is 0 Å². The predicted molar refractivity (Wildman–Crippen MR) is 100 cm³/mol. The molecule has 2 atom stereocenters. The first-order chi connectivity index (χ1) is 13.3. The molecule has 1 aliphatic heterocycles. The fraction of sp³-hybridized carbons (Fsp3) is 0.700. The SMILES string of the molecule is COCOc1ccc(CCC[C@@H](COCCOC[C@@H]2CO2)OCOC)cc1. The monoisotopic (exact) mass is 384 g/mol. The van der Waals surface area contributed by atoms with E-state index in [2.05, 4.69) is 12.1 Å². The lowest BCUT2D eigenvalue weighted by Gasteiger charge is -2.17. The summed E-state index contributed by atoms with van der Waals surface area (Å²) in [5.74, 6) is 0.811. The van der Waals surface area contributed by atoms with Gasteiger partial charge in [0, 0.05) is 14.2 Å². The van der Waals surface area contributed by atoms with Gasteiger partial charge >= 0.3 is 0 Å². The van der Waals surface area contributed by atoms with E-state index < -0.39 is 0 Å². The van der Waals surface area contributed by atoms with Gasteiger partial charge in [-0.05, 0) is 37.0 Å². The van der Waals surface area contributed by atoms with Crippen LogP contribution in [-0.2, 0) is 34.8 Å². The van der Waals surface area contributed by atoms with Crippen LogP contribution in [0.4, 0.5) is 0 Å². The minimum absolute atomic E-state index is 0.0148. The van der Waals surface area contributed by atoms with E-state index in [1.54, 1.807) is 14.2 Å². The molecule has 0 saturated carbocycles. The van der Waals surface area contributed by atoms with Gasteiger partial charge in [0.15, 0.2) is 6.79 Å². The summed E-state index contributed by atoms with van der Waals surface area (Å²) in [6, 6.07) is 8.08. The van der Waals surface area contributed by atoms with Gasteiger partial charge in [-0.3, -0.25) is 0 Å². The minimum Gasteiger partial charge on any atom is -0.468 e. The van der Waals surface area contributed by atoms with Crippen LogP contribution in [0, 0.1) is 0 Å². The molecule has 0 aromatic heterocycles. The van der Waals surface area contributed by atoms with Crippen molar-refractivity contribution in [2.45, 2.75) is 31.5 Å². The zero-order valence-corrected chi connectivity index (χ0v) is 16.4. The summed E-state index contributed by atoms with van der Waals surface area (Å²) in [5.41, 5.74) is 1.27. The first-order valence-corrected chi connectivity index (χ1v) is 9.40. The van der Waals surface area contributed by atoms with Crippen LogP contribution in [0.25, 0.3) is 0 Å². The number of ether oxygens (including phenoxy) is 7. The highest BCUT2D eigenvalue weighted by Crippen LogP contribution is 2.15. The highest BCUT2D eigenvalue weighted by atomic mass is 16.7. The van der Waals surface area contributed by atoms with E-state index in [4.69, 9.17) is 33.2 Å². The summed E-state index contributed by atoms with van der Waals surface area (Å²) in [4.78, 5) is 0. The molecule has 2 rings (SSSR count). The lowest BCUT2D eigenvalue weighted by atomic mass is 10.1. The molecule has 27 heavy (non-hydrogen) atoms. The highest BCUT2D eigenvalue weighted by Gasteiger charge is 2.22. The van der Waals surface area contributed by atoms with Crippen LogP contribution in [0.15, 0.2) is 24.3 Å². The quantitative estimate of drug-likeness (QED) is 0.232. The zero-order chi connectivity index (χ0) is 19.2. The van der Waals surface area contributed by atoms with Gasteiger partial charge in [0.1, 0.15) is 18.6 Å². The Balaban J connectivity index is 1.58. The van der Waals surface area contributed by atoms with Gasteiger partial charge in [-0.15, -0.1) is 0 Å². The smallest absolute Gasteiger partial charge is 0.188 e. The number of benzene rings is 1. The highest BCUT2D eigenvalue weighted by molar-refractivity contribution is 5.27. The molecule has 1 aromatic carbocycles.